The van der Waals surface area contributed by atoms with Gasteiger partial charge in [-0.3, -0.25) is 9.69 Å². The number of nitrogens with zero attached hydrogens (tertiary/aromatic N) is 4. The maximum absolute atomic E-state index is 12.4. The van der Waals surface area contributed by atoms with Crippen LogP contribution in [0.3, 0.4) is 0 Å². The summed E-state index contributed by atoms with van der Waals surface area (Å²) < 4.78 is 27.1. The molecule has 1 saturated heterocycles. The average Bonchev–Trinajstić information content (AvgIpc) is 3.10. The van der Waals surface area contributed by atoms with Crippen LogP contribution in [0, 0.1) is 0 Å². The van der Waals surface area contributed by atoms with Gasteiger partial charge in [0, 0.05) is 44.0 Å². The standard InChI is InChI=1S/C22H27N5O3S/c1-3-27-20-10-9-18(23-22(28)17-7-5-4-6-8-17)15-19(20)24-21(27)16-25-11-13-26(14-12-25)31(2,29)30/h4-10,15H,3,11-14,16H2,1-2H3,(H,23,28). The second-order valence-electron chi connectivity index (χ2n) is 7.73. The van der Waals surface area contributed by atoms with Gasteiger partial charge in [0.1, 0.15) is 5.82 Å². The van der Waals surface area contributed by atoms with Crippen molar-refractivity contribution in [1.82, 2.24) is 18.8 Å². The Bertz CT molecular complexity index is 1180. The van der Waals surface area contributed by atoms with Crippen molar-refractivity contribution in [3.63, 3.8) is 0 Å². The van der Waals surface area contributed by atoms with E-state index in [1.807, 2.05) is 36.4 Å². The normalized spacial score (nSPS) is 15.9. The van der Waals surface area contributed by atoms with Gasteiger partial charge in [0.15, 0.2) is 0 Å². The maximum atomic E-state index is 12.4. The molecule has 164 valence electrons. The largest absolute Gasteiger partial charge is 0.327 e. The van der Waals surface area contributed by atoms with Crippen LogP contribution < -0.4 is 5.32 Å². The van der Waals surface area contributed by atoms with Gasteiger partial charge in [0.05, 0.1) is 23.8 Å². The third-order valence-corrected chi connectivity index (χ3v) is 6.91. The predicted molar refractivity (Wildman–Crippen MR) is 121 cm³/mol. The number of imidazole rings is 1. The van der Waals surface area contributed by atoms with Gasteiger partial charge in [-0.15, -0.1) is 0 Å². The molecule has 0 radical (unpaired) electrons. The summed E-state index contributed by atoms with van der Waals surface area (Å²) in [5.74, 6) is 0.788. The first-order valence-corrected chi connectivity index (χ1v) is 12.2. The maximum Gasteiger partial charge on any atom is 0.255 e. The number of rotatable bonds is 6. The Balaban J connectivity index is 1.50. The highest BCUT2D eigenvalue weighted by Gasteiger charge is 2.24. The molecule has 1 N–H and O–H groups in total. The number of amides is 1. The van der Waals surface area contributed by atoms with Crippen molar-refractivity contribution in [2.75, 3.05) is 37.8 Å². The Kier molecular flexibility index (Phi) is 6.08. The van der Waals surface area contributed by atoms with Crippen molar-refractivity contribution in [1.29, 1.82) is 0 Å². The van der Waals surface area contributed by atoms with Gasteiger partial charge in [0.2, 0.25) is 10.0 Å². The molecule has 2 aromatic carbocycles. The van der Waals surface area contributed by atoms with Crippen LogP contribution in [-0.4, -0.2) is 65.5 Å². The Hall–Kier alpha value is -2.75. The second kappa shape index (κ2) is 8.78. The van der Waals surface area contributed by atoms with Crippen molar-refractivity contribution >= 4 is 32.7 Å². The van der Waals surface area contributed by atoms with Crippen molar-refractivity contribution in [2.45, 2.75) is 20.0 Å². The number of carbonyl (C=O) groups excluding carboxylic acids is 1. The van der Waals surface area contributed by atoms with E-state index >= 15 is 0 Å². The monoisotopic (exact) mass is 441 g/mol. The molecule has 1 aromatic heterocycles. The zero-order chi connectivity index (χ0) is 22.0. The number of hydrogen-bond acceptors (Lipinski definition) is 5. The number of aromatic nitrogens is 2. The summed E-state index contributed by atoms with van der Waals surface area (Å²) in [6, 6.07) is 14.9. The van der Waals surface area contributed by atoms with E-state index in [2.05, 4.69) is 21.7 Å². The predicted octanol–water partition coefficient (Wildman–Crippen LogP) is 2.39. The molecule has 0 unspecified atom stereocenters. The number of fused-ring (bicyclic) bond motifs is 1. The van der Waals surface area contributed by atoms with Gasteiger partial charge in [-0.25, -0.2) is 13.4 Å². The number of carbonyl (C=O) groups is 1. The van der Waals surface area contributed by atoms with Crippen LogP contribution in [0.5, 0.6) is 0 Å². The molecular weight excluding hydrogens is 414 g/mol. The molecule has 0 spiro atoms. The summed E-state index contributed by atoms with van der Waals surface area (Å²) >= 11 is 0. The Morgan fingerprint density at radius 1 is 1.06 bits per heavy atom. The summed E-state index contributed by atoms with van der Waals surface area (Å²) in [6.45, 7) is 5.88. The minimum absolute atomic E-state index is 0.154. The van der Waals surface area contributed by atoms with E-state index in [9.17, 15) is 13.2 Å². The first-order chi connectivity index (χ1) is 14.8. The van der Waals surface area contributed by atoms with Gasteiger partial charge in [-0.05, 0) is 37.3 Å². The lowest BCUT2D eigenvalue weighted by atomic mass is 10.2. The Labute approximate surface area is 182 Å². The zero-order valence-electron chi connectivity index (χ0n) is 17.8. The van der Waals surface area contributed by atoms with E-state index < -0.39 is 10.0 Å². The van der Waals surface area contributed by atoms with E-state index in [0.29, 0.717) is 44.0 Å². The molecule has 8 nitrogen and oxygen atoms in total. The van der Waals surface area contributed by atoms with Gasteiger partial charge in [-0.2, -0.15) is 4.31 Å². The average molecular weight is 442 g/mol. The number of hydrogen-bond donors (Lipinski definition) is 1. The first kappa shape index (κ1) is 21.5. The number of piperazine rings is 1. The lowest BCUT2D eigenvalue weighted by molar-refractivity contribution is 0.102. The third-order valence-electron chi connectivity index (χ3n) is 5.60. The molecule has 0 saturated carbocycles. The third kappa shape index (κ3) is 4.79. The summed E-state index contributed by atoms with van der Waals surface area (Å²) in [4.78, 5) is 19.5. The molecule has 4 rings (SSSR count). The number of sulfonamides is 1. The molecule has 1 amide bonds. The molecule has 0 bridgehead atoms. The molecular formula is C22H27N5O3S. The molecule has 1 aliphatic heterocycles. The first-order valence-electron chi connectivity index (χ1n) is 10.4. The fraction of sp³-hybridized carbons (Fsp3) is 0.364. The van der Waals surface area contributed by atoms with Crippen molar-refractivity contribution in [3.8, 4) is 0 Å². The molecule has 9 heteroatoms. The van der Waals surface area contributed by atoms with E-state index in [1.165, 1.54) is 10.6 Å². The van der Waals surface area contributed by atoms with Crippen LogP contribution >= 0.6 is 0 Å². The fourth-order valence-electron chi connectivity index (χ4n) is 3.94. The molecule has 2 heterocycles. The van der Waals surface area contributed by atoms with E-state index in [1.54, 1.807) is 12.1 Å². The number of aryl methyl sites for hydroxylation is 1. The topological polar surface area (TPSA) is 87.5 Å². The molecule has 31 heavy (non-hydrogen) atoms. The van der Waals surface area contributed by atoms with Crippen molar-refractivity contribution in [3.05, 3.63) is 59.9 Å². The molecule has 3 aromatic rings. The minimum Gasteiger partial charge on any atom is -0.327 e. The fourth-order valence-corrected chi connectivity index (χ4v) is 4.77. The number of benzene rings is 2. The highest BCUT2D eigenvalue weighted by Crippen LogP contribution is 2.22. The van der Waals surface area contributed by atoms with E-state index in [-0.39, 0.29) is 5.91 Å². The van der Waals surface area contributed by atoms with Crippen LogP contribution in [0.2, 0.25) is 0 Å². The zero-order valence-corrected chi connectivity index (χ0v) is 18.6. The lowest BCUT2D eigenvalue weighted by Gasteiger charge is -2.32. The quantitative estimate of drug-likeness (QED) is 0.635. The van der Waals surface area contributed by atoms with Gasteiger partial charge >= 0.3 is 0 Å². The van der Waals surface area contributed by atoms with Crippen molar-refractivity contribution < 1.29 is 13.2 Å². The highest BCUT2D eigenvalue weighted by molar-refractivity contribution is 7.88. The minimum atomic E-state index is -3.14. The lowest BCUT2D eigenvalue weighted by Crippen LogP contribution is -2.48. The van der Waals surface area contributed by atoms with E-state index in [4.69, 9.17) is 4.98 Å². The Morgan fingerprint density at radius 2 is 1.77 bits per heavy atom. The molecule has 1 fully saturated rings. The van der Waals surface area contributed by atoms with E-state index in [0.717, 1.165) is 23.4 Å². The number of anilines is 1. The molecule has 0 atom stereocenters. The van der Waals surface area contributed by atoms with Gasteiger partial charge in [-0.1, -0.05) is 18.2 Å². The van der Waals surface area contributed by atoms with Crippen LogP contribution in [0.4, 0.5) is 5.69 Å². The SMILES string of the molecule is CCn1c(CN2CCN(S(C)(=O)=O)CC2)nc2cc(NC(=O)c3ccccc3)ccc21. The highest BCUT2D eigenvalue weighted by atomic mass is 32.2. The summed E-state index contributed by atoms with van der Waals surface area (Å²) in [5, 5.41) is 2.94. The van der Waals surface area contributed by atoms with Gasteiger partial charge < -0.3 is 9.88 Å². The van der Waals surface area contributed by atoms with Crippen molar-refractivity contribution in [2.24, 2.45) is 0 Å². The van der Waals surface area contributed by atoms with Crippen LogP contribution in [0.1, 0.15) is 23.1 Å². The summed E-state index contributed by atoms with van der Waals surface area (Å²) in [7, 11) is -3.14. The molecule has 1 aliphatic rings. The second-order valence-corrected chi connectivity index (χ2v) is 9.72. The van der Waals surface area contributed by atoms with Crippen LogP contribution in [-0.2, 0) is 23.1 Å². The Morgan fingerprint density at radius 3 is 2.42 bits per heavy atom. The van der Waals surface area contributed by atoms with Crippen LogP contribution in [0.25, 0.3) is 11.0 Å². The molecule has 0 aliphatic carbocycles. The number of nitrogens with one attached hydrogen (secondary N) is 1. The summed E-state index contributed by atoms with van der Waals surface area (Å²) in [5.41, 5.74) is 3.16. The summed E-state index contributed by atoms with van der Waals surface area (Å²) in [6.07, 6.45) is 1.26. The van der Waals surface area contributed by atoms with Crippen LogP contribution in [0.15, 0.2) is 48.5 Å². The smallest absolute Gasteiger partial charge is 0.255 e. The van der Waals surface area contributed by atoms with Gasteiger partial charge in [0.25, 0.3) is 5.91 Å².